The van der Waals surface area contributed by atoms with Gasteiger partial charge in [-0.25, -0.2) is 0 Å². The van der Waals surface area contributed by atoms with Crippen LogP contribution in [0.15, 0.2) is 17.2 Å². The molecule has 0 saturated heterocycles. The van der Waals surface area contributed by atoms with E-state index in [0.29, 0.717) is 0 Å². The third-order valence-corrected chi connectivity index (χ3v) is 2.44. The van der Waals surface area contributed by atoms with E-state index in [4.69, 9.17) is 11.6 Å². The zero-order chi connectivity index (χ0) is 11.4. The molecule has 0 bridgehead atoms. The van der Waals surface area contributed by atoms with Crippen molar-refractivity contribution in [2.75, 3.05) is 0 Å². The molecule has 0 unspecified atom stereocenters. The van der Waals surface area contributed by atoms with E-state index >= 15 is 0 Å². The zero-order valence-corrected chi connectivity index (χ0v) is 8.95. The van der Waals surface area contributed by atoms with Gasteiger partial charge in [0.15, 0.2) is 0 Å². The second kappa shape index (κ2) is 4.59. The van der Waals surface area contributed by atoms with Gasteiger partial charge in [0.05, 0.1) is 12.6 Å². The lowest BCUT2D eigenvalue weighted by Crippen LogP contribution is -2.15. The highest BCUT2D eigenvalue weighted by atomic mass is 16.1. The van der Waals surface area contributed by atoms with Crippen LogP contribution in [0.1, 0.15) is 22.3 Å². The maximum atomic E-state index is 10.9. The Kier molecular flexibility index (Phi) is 3.44. The molecule has 4 heteroatoms. The number of primary amides is 1. The Morgan fingerprint density at radius 2 is 2.13 bits per heavy atom. The number of nitrogens with two attached hydrogens (primary N) is 2. The summed E-state index contributed by atoms with van der Waals surface area (Å²) < 4.78 is 0. The van der Waals surface area contributed by atoms with Crippen LogP contribution in [-0.4, -0.2) is 12.1 Å². The number of carbonyl (C=O) groups is 1. The van der Waals surface area contributed by atoms with Crippen LogP contribution < -0.4 is 11.6 Å². The maximum Gasteiger partial charge on any atom is 0.221 e. The van der Waals surface area contributed by atoms with Crippen molar-refractivity contribution in [3.8, 4) is 0 Å². The molecule has 1 aromatic carbocycles. The molecule has 0 aliphatic heterocycles. The van der Waals surface area contributed by atoms with Crippen molar-refractivity contribution < 1.29 is 4.79 Å². The predicted octanol–water partition coefficient (Wildman–Crippen LogP) is 0.624. The van der Waals surface area contributed by atoms with Gasteiger partial charge in [-0.3, -0.25) is 4.79 Å². The van der Waals surface area contributed by atoms with E-state index in [1.165, 1.54) is 0 Å². The van der Waals surface area contributed by atoms with Crippen LogP contribution in [0.2, 0.25) is 0 Å². The molecule has 4 N–H and O–H groups in total. The van der Waals surface area contributed by atoms with Crippen LogP contribution in [0.3, 0.4) is 0 Å². The average Bonchev–Trinajstić information content (AvgIpc) is 2.17. The lowest BCUT2D eigenvalue weighted by molar-refractivity contribution is -0.117. The van der Waals surface area contributed by atoms with E-state index in [2.05, 4.69) is 5.10 Å². The summed E-state index contributed by atoms with van der Waals surface area (Å²) in [5.74, 6) is 4.77. The van der Waals surface area contributed by atoms with Gasteiger partial charge >= 0.3 is 0 Å². The summed E-state index contributed by atoms with van der Waals surface area (Å²) in [7, 11) is 0. The van der Waals surface area contributed by atoms with Crippen molar-refractivity contribution >= 4 is 12.1 Å². The van der Waals surface area contributed by atoms with Gasteiger partial charge in [0, 0.05) is 0 Å². The zero-order valence-electron chi connectivity index (χ0n) is 8.95. The summed E-state index contributed by atoms with van der Waals surface area (Å²) in [4.78, 5) is 10.9. The Bertz CT molecular complexity index is 411. The first-order chi connectivity index (χ1) is 7.06. The molecule has 80 valence electrons. The number of hydrazone groups is 1. The van der Waals surface area contributed by atoms with Gasteiger partial charge in [-0.05, 0) is 36.1 Å². The summed E-state index contributed by atoms with van der Waals surface area (Å²) in [5.41, 5.74) is 9.12. The van der Waals surface area contributed by atoms with Crippen LogP contribution in [0.4, 0.5) is 0 Å². The van der Waals surface area contributed by atoms with Crippen LogP contribution in [0, 0.1) is 13.8 Å². The van der Waals surface area contributed by atoms with Crippen LogP contribution in [0.25, 0.3) is 0 Å². The highest BCUT2D eigenvalue weighted by molar-refractivity contribution is 5.84. The number of amides is 1. The Hall–Kier alpha value is -1.84. The Balaban J connectivity index is 3.23. The number of benzene rings is 1. The quantitative estimate of drug-likeness (QED) is 0.431. The van der Waals surface area contributed by atoms with Gasteiger partial charge in [-0.2, -0.15) is 5.10 Å². The molecule has 0 fully saturated rings. The van der Waals surface area contributed by atoms with E-state index in [-0.39, 0.29) is 12.3 Å². The average molecular weight is 205 g/mol. The van der Waals surface area contributed by atoms with E-state index < -0.39 is 0 Å². The third kappa shape index (κ3) is 2.56. The number of carbonyl (C=O) groups excluding carboxylic acids is 1. The van der Waals surface area contributed by atoms with Crippen molar-refractivity contribution in [3.63, 3.8) is 0 Å². The number of aryl methyl sites for hydroxylation is 1. The molecule has 0 radical (unpaired) electrons. The Morgan fingerprint density at radius 1 is 1.47 bits per heavy atom. The number of rotatable bonds is 3. The first-order valence-electron chi connectivity index (χ1n) is 4.67. The molecule has 1 aromatic rings. The van der Waals surface area contributed by atoms with Gasteiger partial charge in [-0.1, -0.05) is 12.1 Å². The highest BCUT2D eigenvalue weighted by Crippen LogP contribution is 2.17. The Labute approximate surface area is 89.0 Å². The van der Waals surface area contributed by atoms with Crippen molar-refractivity contribution in [3.05, 3.63) is 34.4 Å². The van der Waals surface area contributed by atoms with Crippen molar-refractivity contribution in [1.82, 2.24) is 0 Å². The molecule has 1 amide bonds. The van der Waals surface area contributed by atoms with Gasteiger partial charge < -0.3 is 11.6 Å². The molecule has 15 heavy (non-hydrogen) atoms. The van der Waals surface area contributed by atoms with Gasteiger partial charge in [0.25, 0.3) is 0 Å². The van der Waals surface area contributed by atoms with E-state index in [1.807, 2.05) is 26.0 Å². The van der Waals surface area contributed by atoms with E-state index in [0.717, 1.165) is 22.3 Å². The van der Waals surface area contributed by atoms with Crippen LogP contribution in [-0.2, 0) is 11.2 Å². The first-order valence-corrected chi connectivity index (χ1v) is 4.67. The predicted molar refractivity (Wildman–Crippen MR) is 60.6 cm³/mol. The first kappa shape index (κ1) is 11.2. The highest BCUT2D eigenvalue weighted by Gasteiger charge is 2.08. The second-order valence-corrected chi connectivity index (χ2v) is 3.50. The lowest BCUT2D eigenvalue weighted by atomic mass is 9.96. The molecule has 0 aromatic heterocycles. The molecule has 0 saturated carbocycles. The van der Waals surface area contributed by atoms with Gasteiger partial charge in [0.2, 0.25) is 5.91 Å². The fourth-order valence-electron chi connectivity index (χ4n) is 1.58. The normalized spacial score (nSPS) is 10.8. The fourth-order valence-corrected chi connectivity index (χ4v) is 1.58. The topological polar surface area (TPSA) is 81.5 Å². The van der Waals surface area contributed by atoms with E-state index in [9.17, 15) is 4.79 Å². The summed E-state index contributed by atoms with van der Waals surface area (Å²) in [6.07, 6.45) is 1.82. The van der Waals surface area contributed by atoms with Crippen molar-refractivity contribution in [2.45, 2.75) is 20.3 Å². The molecule has 0 aliphatic carbocycles. The molecular formula is C11H15N3O. The van der Waals surface area contributed by atoms with Gasteiger partial charge in [-0.15, -0.1) is 0 Å². The lowest BCUT2D eigenvalue weighted by Gasteiger charge is -2.10. The van der Waals surface area contributed by atoms with Crippen LogP contribution >= 0.6 is 0 Å². The molecule has 0 atom stereocenters. The summed E-state index contributed by atoms with van der Waals surface area (Å²) in [6.45, 7) is 3.89. The maximum absolute atomic E-state index is 10.9. The summed E-state index contributed by atoms with van der Waals surface area (Å²) in [6, 6.07) is 3.85. The standard InChI is InChI=1S/C11H15N3O/c1-7-3-4-9(6-14-13)8(2)10(7)5-11(12)15/h3-4,6H,5,13H2,1-2H3,(H2,12,15)/b14-6+. The summed E-state index contributed by atoms with van der Waals surface area (Å²) in [5, 5.41) is 3.48. The number of hydrogen-bond acceptors (Lipinski definition) is 3. The molecule has 4 nitrogen and oxygen atoms in total. The SMILES string of the molecule is Cc1ccc(/C=N/N)c(C)c1CC(N)=O. The number of nitrogens with zero attached hydrogens (tertiary/aromatic N) is 1. The van der Waals surface area contributed by atoms with Crippen molar-refractivity contribution in [1.29, 1.82) is 0 Å². The minimum Gasteiger partial charge on any atom is -0.369 e. The molecule has 0 aliphatic rings. The molecular weight excluding hydrogens is 190 g/mol. The smallest absolute Gasteiger partial charge is 0.221 e. The third-order valence-electron chi connectivity index (χ3n) is 2.44. The largest absolute Gasteiger partial charge is 0.369 e. The molecule has 1 rings (SSSR count). The van der Waals surface area contributed by atoms with Crippen molar-refractivity contribution in [2.24, 2.45) is 16.7 Å². The van der Waals surface area contributed by atoms with Gasteiger partial charge in [0.1, 0.15) is 0 Å². The minimum absolute atomic E-state index is 0.254. The Morgan fingerprint density at radius 3 is 2.67 bits per heavy atom. The van der Waals surface area contributed by atoms with E-state index in [1.54, 1.807) is 6.21 Å². The number of hydrogen-bond donors (Lipinski definition) is 2. The second-order valence-electron chi connectivity index (χ2n) is 3.50. The minimum atomic E-state index is -0.331. The summed E-state index contributed by atoms with van der Waals surface area (Å²) >= 11 is 0. The molecule has 0 spiro atoms. The van der Waals surface area contributed by atoms with Crippen LogP contribution in [0.5, 0.6) is 0 Å². The fraction of sp³-hybridized carbons (Fsp3) is 0.273. The monoisotopic (exact) mass is 205 g/mol. The molecule has 0 heterocycles.